The minimum atomic E-state index is -3.51. The van der Waals surface area contributed by atoms with Crippen LogP contribution in [-0.2, 0) is 27.8 Å². The van der Waals surface area contributed by atoms with E-state index in [0.29, 0.717) is 24.9 Å². The first-order valence-corrected chi connectivity index (χ1v) is 11.6. The first kappa shape index (κ1) is 21.7. The molecule has 8 nitrogen and oxygen atoms in total. The largest absolute Gasteiger partial charge is 0.353 e. The minimum absolute atomic E-state index is 0.0464. The number of hydrogen-bond donors (Lipinski definition) is 1. The number of nitrogens with zero attached hydrogens (tertiary/aromatic N) is 4. The van der Waals surface area contributed by atoms with Crippen LogP contribution in [0.1, 0.15) is 32.0 Å². The number of likely N-dealkylation sites (tertiary alicyclic amines) is 1. The predicted octanol–water partition coefficient (Wildman–Crippen LogP) is 1.45. The van der Waals surface area contributed by atoms with Crippen molar-refractivity contribution in [2.24, 2.45) is 0 Å². The van der Waals surface area contributed by atoms with E-state index in [2.05, 4.69) is 22.2 Å². The highest BCUT2D eigenvalue weighted by molar-refractivity contribution is 7.89. The van der Waals surface area contributed by atoms with E-state index in [-0.39, 0.29) is 16.8 Å². The van der Waals surface area contributed by atoms with E-state index in [1.165, 1.54) is 18.4 Å². The number of amides is 1. The van der Waals surface area contributed by atoms with Crippen molar-refractivity contribution in [3.8, 4) is 0 Å². The molecule has 1 saturated heterocycles. The molecule has 0 spiro atoms. The topological polar surface area (TPSA) is 87.5 Å². The van der Waals surface area contributed by atoms with Crippen LogP contribution in [0.2, 0.25) is 0 Å². The number of rotatable bonds is 7. The van der Waals surface area contributed by atoms with E-state index in [1.807, 2.05) is 11.5 Å². The fourth-order valence-electron chi connectivity index (χ4n) is 3.75. The molecule has 0 aliphatic carbocycles. The van der Waals surface area contributed by atoms with Gasteiger partial charge in [-0.2, -0.15) is 0 Å². The third-order valence-electron chi connectivity index (χ3n) is 5.55. The van der Waals surface area contributed by atoms with Crippen molar-refractivity contribution in [2.45, 2.75) is 50.1 Å². The first-order valence-electron chi connectivity index (χ1n) is 10.1. The van der Waals surface area contributed by atoms with Gasteiger partial charge in [0, 0.05) is 39.5 Å². The van der Waals surface area contributed by atoms with E-state index in [0.717, 1.165) is 37.3 Å². The van der Waals surface area contributed by atoms with Crippen LogP contribution in [0.15, 0.2) is 23.1 Å². The maximum absolute atomic E-state index is 12.4. The number of nitrogens with one attached hydrogen (secondary N) is 1. The van der Waals surface area contributed by atoms with Crippen LogP contribution in [-0.4, -0.2) is 73.4 Å². The molecule has 1 fully saturated rings. The summed E-state index contributed by atoms with van der Waals surface area (Å²) < 4.78 is 28.0. The summed E-state index contributed by atoms with van der Waals surface area (Å²) in [6.07, 6.45) is 2.87. The van der Waals surface area contributed by atoms with Crippen LogP contribution in [0.5, 0.6) is 0 Å². The van der Waals surface area contributed by atoms with Crippen LogP contribution < -0.4 is 5.32 Å². The van der Waals surface area contributed by atoms with E-state index >= 15 is 0 Å². The van der Waals surface area contributed by atoms with Gasteiger partial charge in [0.15, 0.2) is 0 Å². The van der Waals surface area contributed by atoms with Gasteiger partial charge in [-0.15, -0.1) is 0 Å². The lowest BCUT2D eigenvalue weighted by atomic mass is 10.1. The zero-order valence-electron chi connectivity index (χ0n) is 17.7. The van der Waals surface area contributed by atoms with Gasteiger partial charge in [0.1, 0.15) is 5.82 Å². The number of imidazole rings is 1. The Labute approximate surface area is 172 Å². The molecule has 29 heavy (non-hydrogen) atoms. The molecule has 3 rings (SSSR count). The molecule has 0 unspecified atom stereocenters. The number of fused-ring (bicyclic) bond motifs is 1. The number of carbonyl (C=O) groups excluding carboxylic acids is 1. The van der Waals surface area contributed by atoms with Crippen LogP contribution in [0, 0.1) is 0 Å². The summed E-state index contributed by atoms with van der Waals surface area (Å²) in [5.74, 6) is 0.852. The Bertz CT molecular complexity index is 975. The van der Waals surface area contributed by atoms with Crippen molar-refractivity contribution >= 4 is 27.0 Å². The first-order chi connectivity index (χ1) is 13.7. The normalized spacial score (nSPS) is 16.6. The molecule has 0 radical (unpaired) electrons. The van der Waals surface area contributed by atoms with Crippen molar-refractivity contribution in [1.82, 2.24) is 24.1 Å². The minimum Gasteiger partial charge on any atom is -0.353 e. The van der Waals surface area contributed by atoms with Gasteiger partial charge in [-0.1, -0.05) is 0 Å². The van der Waals surface area contributed by atoms with Gasteiger partial charge < -0.3 is 14.8 Å². The number of piperidine rings is 1. The molecule has 0 atom stereocenters. The van der Waals surface area contributed by atoms with Crippen LogP contribution in [0.3, 0.4) is 0 Å². The van der Waals surface area contributed by atoms with Crippen LogP contribution >= 0.6 is 0 Å². The van der Waals surface area contributed by atoms with Gasteiger partial charge in [-0.25, -0.2) is 17.7 Å². The predicted molar refractivity (Wildman–Crippen MR) is 113 cm³/mol. The summed E-state index contributed by atoms with van der Waals surface area (Å²) >= 11 is 0. The van der Waals surface area contributed by atoms with E-state index in [9.17, 15) is 13.2 Å². The average Bonchev–Trinajstić information content (AvgIpc) is 3.04. The molecule has 1 N–H and O–H groups in total. The monoisotopic (exact) mass is 421 g/mol. The second kappa shape index (κ2) is 8.81. The Balaban J connectivity index is 1.72. The highest BCUT2D eigenvalue weighted by atomic mass is 32.2. The molecule has 2 heterocycles. The third kappa shape index (κ3) is 4.79. The lowest BCUT2D eigenvalue weighted by molar-refractivity contribution is -0.122. The van der Waals surface area contributed by atoms with E-state index in [1.54, 1.807) is 18.2 Å². The smallest absolute Gasteiger partial charge is 0.242 e. The quantitative estimate of drug-likeness (QED) is 0.731. The van der Waals surface area contributed by atoms with E-state index in [4.69, 9.17) is 0 Å². The second-order valence-electron chi connectivity index (χ2n) is 7.86. The Morgan fingerprint density at radius 3 is 2.59 bits per heavy atom. The van der Waals surface area contributed by atoms with Gasteiger partial charge in [0.2, 0.25) is 15.9 Å². The standard InChI is InChI=1S/C20H31N5O3S/c1-5-25-18-7-6-16(29(27,28)23(2)3)14-17(18)22-19(25)8-9-20(26)21-15-10-12-24(4)13-11-15/h6-7,14-15H,5,8-13H2,1-4H3,(H,21,26). The Morgan fingerprint density at radius 1 is 1.28 bits per heavy atom. The average molecular weight is 422 g/mol. The number of aromatic nitrogens is 2. The number of benzene rings is 1. The lowest BCUT2D eigenvalue weighted by Crippen LogP contribution is -2.43. The van der Waals surface area contributed by atoms with Gasteiger partial charge in [-0.05, 0) is 58.1 Å². The molecule has 1 aromatic heterocycles. The van der Waals surface area contributed by atoms with Gasteiger partial charge in [0.25, 0.3) is 0 Å². The Hall–Kier alpha value is -1.97. The van der Waals surface area contributed by atoms with Crippen molar-refractivity contribution in [1.29, 1.82) is 0 Å². The second-order valence-corrected chi connectivity index (χ2v) is 10.0. The molecule has 0 bridgehead atoms. The van der Waals surface area contributed by atoms with Crippen molar-refractivity contribution in [3.05, 3.63) is 24.0 Å². The lowest BCUT2D eigenvalue weighted by Gasteiger charge is -2.29. The maximum Gasteiger partial charge on any atom is 0.242 e. The SMILES string of the molecule is CCn1c(CCC(=O)NC2CCN(C)CC2)nc2cc(S(=O)(=O)N(C)C)ccc21. The number of sulfonamides is 1. The number of carbonyl (C=O) groups is 1. The molecule has 160 valence electrons. The fourth-order valence-corrected chi connectivity index (χ4v) is 4.67. The summed E-state index contributed by atoms with van der Waals surface area (Å²) in [5.41, 5.74) is 1.52. The zero-order valence-corrected chi connectivity index (χ0v) is 18.5. The molecule has 1 aliphatic heterocycles. The summed E-state index contributed by atoms with van der Waals surface area (Å²) in [7, 11) is 1.62. The van der Waals surface area contributed by atoms with Crippen molar-refractivity contribution in [3.63, 3.8) is 0 Å². The molecule has 2 aromatic rings. The van der Waals surface area contributed by atoms with Gasteiger partial charge in [0.05, 0.1) is 15.9 Å². The maximum atomic E-state index is 12.4. The van der Waals surface area contributed by atoms with Crippen molar-refractivity contribution in [2.75, 3.05) is 34.2 Å². The van der Waals surface area contributed by atoms with Gasteiger partial charge >= 0.3 is 0 Å². The molecular weight excluding hydrogens is 390 g/mol. The summed E-state index contributed by atoms with van der Waals surface area (Å²) in [6.45, 7) is 4.75. The Kier molecular flexibility index (Phi) is 6.60. The molecule has 1 amide bonds. The number of aryl methyl sites for hydroxylation is 2. The molecular formula is C20H31N5O3S. The highest BCUT2D eigenvalue weighted by Gasteiger charge is 2.21. The summed E-state index contributed by atoms with van der Waals surface area (Å²) in [6, 6.07) is 5.27. The molecule has 1 aliphatic rings. The Morgan fingerprint density at radius 2 is 1.97 bits per heavy atom. The molecule has 9 heteroatoms. The van der Waals surface area contributed by atoms with Crippen LogP contribution in [0.25, 0.3) is 11.0 Å². The van der Waals surface area contributed by atoms with Gasteiger partial charge in [-0.3, -0.25) is 4.79 Å². The number of hydrogen-bond acceptors (Lipinski definition) is 5. The zero-order chi connectivity index (χ0) is 21.2. The summed E-state index contributed by atoms with van der Waals surface area (Å²) in [5, 5.41) is 3.13. The summed E-state index contributed by atoms with van der Waals surface area (Å²) in [4.78, 5) is 19.5. The molecule has 0 saturated carbocycles. The fraction of sp³-hybridized carbons (Fsp3) is 0.600. The third-order valence-corrected chi connectivity index (χ3v) is 7.36. The van der Waals surface area contributed by atoms with E-state index < -0.39 is 10.0 Å². The molecule has 1 aromatic carbocycles. The van der Waals surface area contributed by atoms with Crippen LogP contribution in [0.4, 0.5) is 0 Å². The van der Waals surface area contributed by atoms with Crippen molar-refractivity contribution < 1.29 is 13.2 Å². The highest BCUT2D eigenvalue weighted by Crippen LogP contribution is 2.23.